The van der Waals surface area contributed by atoms with Gasteiger partial charge in [0, 0.05) is 6.92 Å². The maximum Gasteiger partial charge on any atom is 0.268 e. The van der Waals surface area contributed by atoms with Gasteiger partial charge in [-0.05, 0) is 12.1 Å². The first-order valence-corrected chi connectivity index (χ1v) is 4.11. The summed E-state index contributed by atoms with van der Waals surface area (Å²) in [6.45, 7) is 1.20. The van der Waals surface area contributed by atoms with Crippen molar-refractivity contribution in [3.63, 3.8) is 0 Å². The van der Waals surface area contributed by atoms with Crippen LogP contribution in [-0.4, -0.2) is 22.6 Å². The highest BCUT2D eigenvalue weighted by atomic mass is 16.2. The maximum atomic E-state index is 11.5. The zero-order valence-corrected chi connectivity index (χ0v) is 7.48. The predicted octanol–water partition coefficient (Wildman–Crippen LogP) is 0.829. The molecule has 0 bridgehead atoms. The third kappa shape index (κ3) is 0.970. The molecule has 0 saturated heterocycles. The maximum absolute atomic E-state index is 11.5. The lowest BCUT2D eigenvalue weighted by molar-refractivity contribution is -0.124. The second kappa shape index (κ2) is 2.77. The van der Waals surface area contributed by atoms with Gasteiger partial charge in [0.2, 0.25) is 5.91 Å². The lowest BCUT2D eigenvalue weighted by Crippen LogP contribution is -2.33. The number of nitrogens with zero attached hydrogens (tertiary/aromatic N) is 1. The summed E-state index contributed by atoms with van der Waals surface area (Å²) in [4.78, 5) is 34.7. The van der Waals surface area contributed by atoms with E-state index in [1.807, 2.05) is 0 Å². The zero-order chi connectivity index (χ0) is 10.3. The highest BCUT2D eigenvalue weighted by Gasteiger charge is 2.37. The lowest BCUT2D eigenvalue weighted by atomic mass is 10.1. The van der Waals surface area contributed by atoms with Crippen LogP contribution in [0.5, 0.6) is 0 Å². The molecule has 1 heterocycles. The van der Waals surface area contributed by atoms with Gasteiger partial charge in [-0.3, -0.25) is 14.4 Å². The molecule has 14 heavy (non-hydrogen) atoms. The molecule has 0 atom stereocenters. The third-order valence-electron chi connectivity index (χ3n) is 2.11. The van der Waals surface area contributed by atoms with E-state index in [1.165, 1.54) is 6.92 Å². The average Bonchev–Trinajstić information content (AvgIpc) is 2.41. The Balaban J connectivity index is 2.59. The smallest absolute Gasteiger partial charge is 0.268 e. The summed E-state index contributed by atoms with van der Waals surface area (Å²) >= 11 is 0. The molecular formula is C10H7NO3. The van der Waals surface area contributed by atoms with E-state index in [9.17, 15) is 14.4 Å². The number of benzene rings is 1. The van der Waals surface area contributed by atoms with E-state index in [2.05, 4.69) is 0 Å². The second-order valence-electron chi connectivity index (χ2n) is 3.01. The van der Waals surface area contributed by atoms with E-state index in [4.69, 9.17) is 0 Å². The predicted molar refractivity (Wildman–Crippen MR) is 47.6 cm³/mol. The molecule has 3 amide bonds. The minimum atomic E-state index is -0.545. The largest absolute Gasteiger partial charge is 0.274 e. The fraction of sp³-hybridized carbons (Fsp3) is 0.100. The Bertz CT molecular complexity index is 415. The number of hydrogen-bond acceptors (Lipinski definition) is 3. The molecule has 4 nitrogen and oxygen atoms in total. The zero-order valence-electron chi connectivity index (χ0n) is 7.48. The molecule has 4 heteroatoms. The lowest BCUT2D eigenvalue weighted by Gasteiger charge is -2.06. The summed E-state index contributed by atoms with van der Waals surface area (Å²) in [6, 6.07) is 6.40. The van der Waals surface area contributed by atoms with Crippen molar-refractivity contribution in [3.05, 3.63) is 35.4 Å². The van der Waals surface area contributed by atoms with Crippen LogP contribution in [0.1, 0.15) is 27.6 Å². The highest BCUT2D eigenvalue weighted by molar-refractivity contribution is 6.28. The van der Waals surface area contributed by atoms with E-state index >= 15 is 0 Å². The van der Waals surface area contributed by atoms with E-state index in [0.29, 0.717) is 16.0 Å². The van der Waals surface area contributed by atoms with E-state index in [0.717, 1.165) is 0 Å². The Morgan fingerprint density at radius 1 is 1.07 bits per heavy atom. The minimum absolute atomic E-state index is 0.299. The van der Waals surface area contributed by atoms with Gasteiger partial charge >= 0.3 is 0 Å². The van der Waals surface area contributed by atoms with Crippen molar-refractivity contribution in [2.24, 2.45) is 0 Å². The molecule has 0 aromatic heterocycles. The Morgan fingerprint density at radius 2 is 1.50 bits per heavy atom. The number of imide groups is 3. The molecule has 0 saturated carbocycles. The topological polar surface area (TPSA) is 54.5 Å². The van der Waals surface area contributed by atoms with Crippen LogP contribution in [-0.2, 0) is 4.79 Å². The molecule has 2 rings (SSSR count). The summed E-state index contributed by atoms with van der Waals surface area (Å²) in [5, 5.41) is 0. The van der Waals surface area contributed by atoms with Gasteiger partial charge in [-0.1, -0.05) is 12.1 Å². The molecule has 1 aliphatic rings. The van der Waals surface area contributed by atoms with Crippen molar-refractivity contribution in [1.82, 2.24) is 4.90 Å². The second-order valence-corrected chi connectivity index (χ2v) is 3.01. The van der Waals surface area contributed by atoms with Crippen LogP contribution in [0.15, 0.2) is 24.3 Å². The number of hydrogen-bond donors (Lipinski definition) is 0. The van der Waals surface area contributed by atoms with E-state index < -0.39 is 17.7 Å². The first-order chi connectivity index (χ1) is 6.63. The molecule has 1 aromatic carbocycles. The highest BCUT2D eigenvalue weighted by Crippen LogP contribution is 2.21. The standard InChI is InChI=1S/C10H7NO3/c1-6(12)11-9(13)7-4-2-3-5-8(7)10(11)14/h2-5H,1H3. The van der Waals surface area contributed by atoms with Crippen molar-refractivity contribution < 1.29 is 14.4 Å². The number of carbonyl (C=O) groups excluding carboxylic acids is 3. The third-order valence-corrected chi connectivity index (χ3v) is 2.11. The number of carbonyl (C=O) groups is 3. The average molecular weight is 189 g/mol. The van der Waals surface area contributed by atoms with Crippen LogP contribution >= 0.6 is 0 Å². The molecule has 0 radical (unpaired) electrons. The van der Waals surface area contributed by atoms with Crippen molar-refractivity contribution in [2.45, 2.75) is 6.92 Å². The number of fused-ring (bicyclic) bond motifs is 1. The van der Waals surface area contributed by atoms with Gasteiger partial charge < -0.3 is 0 Å². The van der Waals surface area contributed by atoms with Gasteiger partial charge in [0.05, 0.1) is 11.1 Å². The first-order valence-electron chi connectivity index (χ1n) is 4.11. The van der Waals surface area contributed by atoms with Crippen LogP contribution in [0, 0.1) is 0 Å². The molecule has 1 aliphatic heterocycles. The molecule has 0 fully saturated rings. The SMILES string of the molecule is CC(=O)N1C(=O)c2ccccc2C1=O. The summed E-state index contributed by atoms with van der Waals surface area (Å²) in [5.74, 6) is -1.60. The van der Waals surface area contributed by atoms with Crippen LogP contribution < -0.4 is 0 Å². The van der Waals surface area contributed by atoms with Crippen LogP contribution in [0.3, 0.4) is 0 Å². The van der Waals surface area contributed by atoms with Gasteiger partial charge in [0.25, 0.3) is 11.8 Å². The van der Waals surface area contributed by atoms with Crippen molar-refractivity contribution in [1.29, 1.82) is 0 Å². The number of amides is 3. The minimum Gasteiger partial charge on any atom is -0.274 e. The summed E-state index contributed by atoms with van der Waals surface area (Å²) < 4.78 is 0. The quantitative estimate of drug-likeness (QED) is 0.568. The summed E-state index contributed by atoms with van der Waals surface area (Å²) in [5.41, 5.74) is 0.598. The Kier molecular flexibility index (Phi) is 1.70. The molecule has 0 spiro atoms. The van der Waals surface area contributed by atoms with Gasteiger partial charge in [-0.25, -0.2) is 4.90 Å². The number of rotatable bonds is 0. The molecule has 0 N–H and O–H groups in total. The molecule has 1 aromatic rings. The van der Waals surface area contributed by atoms with Crippen molar-refractivity contribution in [2.75, 3.05) is 0 Å². The molecule has 0 unspecified atom stereocenters. The van der Waals surface area contributed by atoms with Crippen LogP contribution in [0.25, 0.3) is 0 Å². The van der Waals surface area contributed by atoms with Gasteiger partial charge in [0.15, 0.2) is 0 Å². The Morgan fingerprint density at radius 3 is 1.86 bits per heavy atom. The monoisotopic (exact) mass is 189 g/mol. The Hall–Kier alpha value is -1.97. The Labute approximate surface area is 80.1 Å². The molecular weight excluding hydrogens is 182 g/mol. The van der Waals surface area contributed by atoms with E-state index in [1.54, 1.807) is 24.3 Å². The molecule has 0 aliphatic carbocycles. The fourth-order valence-electron chi connectivity index (χ4n) is 1.48. The summed E-state index contributed by atoms with van der Waals surface area (Å²) in [7, 11) is 0. The van der Waals surface area contributed by atoms with Crippen molar-refractivity contribution in [3.8, 4) is 0 Å². The van der Waals surface area contributed by atoms with Crippen molar-refractivity contribution >= 4 is 17.7 Å². The normalized spacial score (nSPS) is 14.5. The van der Waals surface area contributed by atoms with Crippen LogP contribution in [0.2, 0.25) is 0 Å². The van der Waals surface area contributed by atoms with Crippen LogP contribution in [0.4, 0.5) is 0 Å². The fourth-order valence-corrected chi connectivity index (χ4v) is 1.48. The first kappa shape index (κ1) is 8.62. The van der Waals surface area contributed by atoms with E-state index in [-0.39, 0.29) is 0 Å². The van der Waals surface area contributed by atoms with Gasteiger partial charge in [-0.15, -0.1) is 0 Å². The molecule has 70 valence electrons. The van der Waals surface area contributed by atoms with Gasteiger partial charge in [-0.2, -0.15) is 0 Å². The summed E-state index contributed by atoms with van der Waals surface area (Å²) in [6.07, 6.45) is 0. The van der Waals surface area contributed by atoms with Gasteiger partial charge in [0.1, 0.15) is 0 Å².